The predicted octanol–water partition coefficient (Wildman–Crippen LogP) is 1.29. The molecule has 1 aromatic rings. The number of nitro benzene ring substituents is 1. The van der Waals surface area contributed by atoms with E-state index >= 15 is 0 Å². The number of hydrogen-bond donors (Lipinski definition) is 4. The fourth-order valence-corrected chi connectivity index (χ4v) is 2.69. The lowest BCUT2D eigenvalue weighted by Gasteiger charge is -2.29. The molecule has 0 amide bonds. The Hall–Kier alpha value is -3.36. The summed E-state index contributed by atoms with van der Waals surface area (Å²) in [6, 6.07) is 5.21. The highest BCUT2D eigenvalue weighted by Crippen LogP contribution is 2.38. The van der Waals surface area contributed by atoms with Gasteiger partial charge in [-0.2, -0.15) is 0 Å². The van der Waals surface area contributed by atoms with E-state index in [1.807, 2.05) is 0 Å². The van der Waals surface area contributed by atoms with Crippen LogP contribution >= 0.6 is 0 Å². The van der Waals surface area contributed by atoms with Crippen LogP contribution in [0.4, 0.5) is 5.69 Å². The third kappa shape index (κ3) is 2.91. The van der Waals surface area contributed by atoms with Gasteiger partial charge in [-0.1, -0.05) is 19.1 Å². The van der Waals surface area contributed by atoms with Crippen molar-refractivity contribution in [3.8, 4) is 0 Å². The average Bonchev–Trinajstić information content (AvgIpc) is 2.52. The van der Waals surface area contributed by atoms with E-state index in [4.69, 9.17) is 5.73 Å². The fourth-order valence-electron chi connectivity index (χ4n) is 2.69. The molecule has 126 valence electrons. The van der Waals surface area contributed by atoms with Crippen LogP contribution in [0.5, 0.6) is 0 Å². The molecule has 9 nitrogen and oxygen atoms in total. The largest absolute Gasteiger partial charge is 0.478 e. The van der Waals surface area contributed by atoms with E-state index in [2.05, 4.69) is 5.32 Å². The molecule has 5 N–H and O–H groups in total. The van der Waals surface area contributed by atoms with E-state index in [9.17, 15) is 29.9 Å². The second-order valence-corrected chi connectivity index (χ2v) is 5.09. The Kier molecular flexibility index (Phi) is 4.54. The first-order chi connectivity index (χ1) is 11.3. The molecule has 1 heterocycles. The third-order valence-electron chi connectivity index (χ3n) is 3.71. The van der Waals surface area contributed by atoms with Gasteiger partial charge in [0.2, 0.25) is 0 Å². The maximum Gasteiger partial charge on any atom is 0.336 e. The minimum absolute atomic E-state index is 0.175. The quantitative estimate of drug-likeness (QED) is 0.464. The van der Waals surface area contributed by atoms with Crippen molar-refractivity contribution in [3.63, 3.8) is 0 Å². The van der Waals surface area contributed by atoms with Crippen molar-refractivity contribution in [2.24, 2.45) is 5.73 Å². The summed E-state index contributed by atoms with van der Waals surface area (Å²) in [4.78, 5) is 33.6. The molecule has 1 aromatic carbocycles. The number of nitrogens with zero attached hydrogens (tertiary/aromatic N) is 1. The second-order valence-electron chi connectivity index (χ2n) is 5.09. The van der Waals surface area contributed by atoms with Gasteiger partial charge in [-0.15, -0.1) is 0 Å². The van der Waals surface area contributed by atoms with Gasteiger partial charge in [0.25, 0.3) is 5.69 Å². The molecule has 1 aliphatic heterocycles. The lowest BCUT2D eigenvalue weighted by molar-refractivity contribution is -0.384. The van der Waals surface area contributed by atoms with E-state index < -0.39 is 22.8 Å². The maximum absolute atomic E-state index is 11.7. The molecule has 0 fully saturated rings. The fraction of sp³-hybridized carbons (Fsp3) is 0.200. The van der Waals surface area contributed by atoms with Crippen molar-refractivity contribution in [2.45, 2.75) is 19.3 Å². The van der Waals surface area contributed by atoms with Crippen LogP contribution in [-0.4, -0.2) is 27.1 Å². The zero-order valence-electron chi connectivity index (χ0n) is 12.6. The van der Waals surface area contributed by atoms with Gasteiger partial charge < -0.3 is 21.3 Å². The summed E-state index contributed by atoms with van der Waals surface area (Å²) in [5.74, 6) is -4.11. The summed E-state index contributed by atoms with van der Waals surface area (Å²) in [5, 5.41) is 32.6. The normalized spacial score (nSPS) is 17.5. The van der Waals surface area contributed by atoms with Crippen molar-refractivity contribution >= 4 is 17.6 Å². The Morgan fingerprint density at radius 1 is 1.29 bits per heavy atom. The van der Waals surface area contributed by atoms with Crippen LogP contribution in [0.1, 0.15) is 24.8 Å². The first-order valence-electron chi connectivity index (χ1n) is 6.98. The van der Waals surface area contributed by atoms with Crippen molar-refractivity contribution in [1.29, 1.82) is 0 Å². The van der Waals surface area contributed by atoms with Gasteiger partial charge in [0.15, 0.2) is 0 Å². The van der Waals surface area contributed by atoms with Gasteiger partial charge in [-0.25, -0.2) is 9.59 Å². The molecule has 9 heteroatoms. The molecule has 0 aliphatic carbocycles. The Balaban J connectivity index is 2.75. The highest BCUT2D eigenvalue weighted by atomic mass is 16.6. The molecule has 0 saturated heterocycles. The van der Waals surface area contributed by atoms with Crippen LogP contribution < -0.4 is 11.1 Å². The van der Waals surface area contributed by atoms with E-state index in [1.165, 1.54) is 18.2 Å². The van der Waals surface area contributed by atoms with E-state index in [-0.39, 0.29) is 40.3 Å². The number of dihydropyridines is 1. The third-order valence-corrected chi connectivity index (χ3v) is 3.71. The van der Waals surface area contributed by atoms with Crippen molar-refractivity contribution < 1.29 is 24.7 Å². The SMILES string of the molecule is CCC1=C(C(=O)O)[C@@H](c2cccc([N+](=O)[O-])c2)C(C(=O)O)=C(N)N1. The number of carbonyl (C=O) groups is 2. The minimum atomic E-state index is -1.40. The van der Waals surface area contributed by atoms with Gasteiger partial charge in [0.1, 0.15) is 5.82 Å². The number of nitro groups is 1. The van der Waals surface area contributed by atoms with Crippen LogP contribution in [-0.2, 0) is 9.59 Å². The number of allylic oxidation sites excluding steroid dienone is 1. The van der Waals surface area contributed by atoms with Gasteiger partial charge in [0.05, 0.1) is 22.0 Å². The van der Waals surface area contributed by atoms with Crippen LogP contribution in [0.15, 0.2) is 46.9 Å². The van der Waals surface area contributed by atoms with Crippen molar-refractivity contribution in [3.05, 3.63) is 62.6 Å². The minimum Gasteiger partial charge on any atom is -0.478 e. The molecule has 0 aromatic heterocycles. The number of nitrogens with two attached hydrogens (primary N) is 1. The number of carboxylic acids is 2. The average molecular weight is 333 g/mol. The number of carboxylic acid groups (broad SMARTS) is 2. The highest BCUT2D eigenvalue weighted by Gasteiger charge is 2.38. The van der Waals surface area contributed by atoms with Gasteiger partial charge in [-0.3, -0.25) is 10.1 Å². The van der Waals surface area contributed by atoms with E-state index in [0.29, 0.717) is 0 Å². The highest BCUT2D eigenvalue weighted by molar-refractivity contribution is 5.98. The summed E-state index contributed by atoms with van der Waals surface area (Å²) in [6.45, 7) is 1.69. The molecule has 1 aliphatic rings. The first kappa shape index (κ1) is 17.0. The smallest absolute Gasteiger partial charge is 0.336 e. The molecule has 0 radical (unpaired) electrons. The number of benzene rings is 1. The molecular formula is C15H15N3O6. The number of nitrogens with one attached hydrogen (secondary N) is 1. The number of rotatable bonds is 5. The van der Waals surface area contributed by atoms with E-state index in [1.54, 1.807) is 6.92 Å². The molecular weight excluding hydrogens is 318 g/mol. The summed E-state index contributed by atoms with van der Waals surface area (Å²) in [6.07, 6.45) is 0.278. The topological polar surface area (TPSA) is 156 Å². The second kappa shape index (κ2) is 6.41. The summed E-state index contributed by atoms with van der Waals surface area (Å²) in [5.41, 5.74) is 5.39. The van der Waals surface area contributed by atoms with Crippen LogP contribution in [0.25, 0.3) is 0 Å². The van der Waals surface area contributed by atoms with Gasteiger partial charge in [0, 0.05) is 17.8 Å². The van der Waals surface area contributed by atoms with Crippen molar-refractivity contribution in [2.75, 3.05) is 0 Å². The standard InChI is InChI=1S/C15H15N3O6/c1-2-9-11(14(19)20)10(12(15(21)22)13(16)17-9)7-4-3-5-8(6-7)18(23)24/h3-6,10,17H,2,16H2,1H3,(H,19,20)(H,21,22)/t10-/m1/s1. The Morgan fingerprint density at radius 2 is 1.92 bits per heavy atom. The monoisotopic (exact) mass is 333 g/mol. The summed E-state index contributed by atoms with van der Waals surface area (Å²) in [7, 11) is 0. The zero-order chi connectivity index (χ0) is 18.0. The number of hydrogen-bond acceptors (Lipinski definition) is 6. The van der Waals surface area contributed by atoms with Crippen LogP contribution in [0.2, 0.25) is 0 Å². The lowest BCUT2D eigenvalue weighted by atomic mass is 9.80. The Bertz CT molecular complexity index is 796. The Morgan fingerprint density at radius 3 is 2.42 bits per heavy atom. The summed E-state index contributed by atoms with van der Waals surface area (Å²) >= 11 is 0. The lowest BCUT2D eigenvalue weighted by Crippen LogP contribution is -2.35. The van der Waals surface area contributed by atoms with E-state index in [0.717, 1.165) is 6.07 Å². The van der Waals surface area contributed by atoms with Crippen LogP contribution in [0, 0.1) is 10.1 Å². The molecule has 24 heavy (non-hydrogen) atoms. The number of aliphatic carboxylic acids is 2. The van der Waals surface area contributed by atoms with Gasteiger partial charge >= 0.3 is 11.9 Å². The number of non-ortho nitro benzene ring substituents is 1. The molecule has 0 spiro atoms. The predicted molar refractivity (Wildman–Crippen MR) is 82.8 cm³/mol. The first-order valence-corrected chi connectivity index (χ1v) is 6.98. The molecule has 0 bridgehead atoms. The molecule has 2 rings (SSSR count). The zero-order valence-corrected chi connectivity index (χ0v) is 12.6. The van der Waals surface area contributed by atoms with Crippen molar-refractivity contribution in [1.82, 2.24) is 5.32 Å². The van der Waals surface area contributed by atoms with Gasteiger partial charge in [-0.05, 0) is 12.0 Å². The Labute approximate surface area is 136 Å². The summed E-state index contributed by atoms with van der Waals surface area (Å²) < 4.78 is 0. The molecule has 0 unspecified atom stereocenters. The molecule has 1 atom stereocenters. The molecule has 0 saturated carbocycles. The van der Waals surface area contributed by atoms with Crippen LogP contribution in [0.3, 0.4) is 0 Å². The maximum atomic E-state index is 11.7.